The Balaban J connectivity index is 1.48. The molecule has 128 valence electrons. The zero-order chi connectivity index (χ0) is 17.6. The van der Waals surface area contributed by atoms with Gasteiger partial charge in [-0.05, 0) is 19.1 Å². The molecule has 0 radical (unpaired) electrons. The number of nitrogens with one attached hydrogen (secondary N) is 3. The number of aromatic nitrogens is 3. The number of carbonyl (C=O) groups excluding carboxylic acids is 2. The number of carbonyl (C=O) groups is 2. The maximum atomic E-state index is 11.8. The molecular formula is C17H17N5O3. The highest BCUT2D eigenvalue weighted by Gasteiger charge is 2.12. The van der Waals surface area contributed by atoms with Gasteiger partial charge in [-0.1, -0.05) is 35.0 Å². The van der Waals surface area contributed by atoms with Crippen LogP contribution in [0.25, 0.3) is 11.4 Å². The molecule has 0 saturated carbocycles. The van der Waals surface area contributed by atoms with Crippen molar-refractivity contribution in [2.45, 2.75) is 19.8 Å². The summed E-state index contributed by atoms with van der Waals surface area (Å²) < 4.78 is 5.15. The summed E-state index contributed by atoms with van der Waals surface area (Å²) in [6, 6.07) is 11.0. The third-order valence-electron chi connectivity index (χ3n) is 3.50. The fraction of sp³-hybridized carbons (Fsp3) is 0.176. The number of rotatable bonds is 5. The fourth-order valence-corrected chi connectivity index (χ4v) is 2.12. The lowest BCUT2D eigenvalue weighted by Gasteiger charge is -2.05. The summed E-state index contributed by atoms with van der Waals surface area (Å²) in [4.78, 5) is 30.5. The van der Waals surface area contributed by atoms with Crippen LogP contribution in [-0.2, 0) is 11.2 Å². The number of hydrogen-bond acceptors (Lipinski definition) is 5. The predicted octanol–water partition coefficient (Wildman–Crippen LogP) is 1.77. The van der Waals surface area contributed by atoms with E-state index >= 15 is 0 Å². The van der Waals surface area contributed by atoms with Crippen LogP contribution >= 0.6 is 0 Å². The number of hydrogen-bond donors (Lipinski definition) is 3. The van der Waals surface area contributed by atoms with Crippen molar-refractivity contribution in [3.05, 3.63) is 59.7 Å². The van der Waals surface area contributed by atoms with E-state index in [0.29, 0.717) is 17.4 Å². The molecule has 2 aromatic heterocycles. The first kappa shape index (κ1) is 16.4. The minimum absolute atomic E-state index is 0.112. The van der Waals surface area contributed by atoms with Crippen LogP contribution < -0.4 is 10.9 Å². The van der Waals surface area contributed by atoms with Crippen LogP contribution in [0.2, 0.25) is 0 Å². The molecule has 1 aromatic carbocycles. The molecule has 0 atom stereocenters. The quantitative estimate of drug-likeness (QED) is 0.613. The molecule has 8 heteroatoms. The number of aromatic amines is 1. The monoisotopic (exact) mass is 339 g/mol. The van der Waals surface area contributed by atoms with Crippen LogP contribution in [0.15, 0.2) is 47.1 Å². The summed E-state index contributed by atoms with van der Waals surface area (Å²) in [6.07, 6.45) is 2.02. The summed E-state index contributed by atoms with van der Waals surface area (Å²) in [5.41, 5.74) is 7.01. The van der Waals surface area contributed by atoms with Crippen molar-refractivity contribution >= 4 is 11.8 Å². The van der Waals surface area contributed by atoms with Gasteiger partial charge in [-0.3, -0.25) is 20.4 Å². The van der Waals surface area contributed by atoms with Crippen LogP contribution in [-0.4, -0.2) is 26.9 Å². The molecule has 0 spiro atoms. The largest absolute Gasteiger partial charge is 0.357 e. The molecule has 25 heavy (non-hydrogen) atoms. The SMILES string of the molecule is Cc1ccc(-c2noc(CCC(=O)NNC(=O)c3ccc[nH]3)n2)cc1. The van der Waals surface area contributed by atoms with Gasteiger partial charge in [0, 0.05) is 24.6 Å². The van der Waals surface area contributed by atoms with E-state index in [1.165, 1.54) is 0 Å². The van der Waals surface area contributed by atoms with E-state index in [1.54, 1.807) is 18.3 Å². The molecular weight excluding hydrogens is 322 g/mol. The number of H-pyrrole nitrogens is 1. The average Bonchev–Trinajstić information content (AvgIpc) is 3.30. The van der Waals surface area contributed by atoms with E-state index < -0.39 is 5.91 Å². The highest BCUT2D eigenvalue weighted by molar-refractivity contribution is 5.93. The highest BCUT2D eigenvalue weighted by Crippen LogP contribution is 2.16. The first-order valence-electron chi connectivity index (χ1n) is 7.74. The third-order valence-corrected chi connectivity index (χ3v) is 3.50. The first-order chi connectivity index (χ1) is 12.1. The van der Waals surface area contributed by atoms with Gasteiger partial charge in [-0.25, -0.2) is 0 Å². The molecule has 8 nitrogen and oxygen atoms in total. The van der Waals surface area contributed by atoms with Crippen molar-refractivity contribution in [1.82, 2.24) is 26.0 Å². The van der Waals surface area contributed by atoms with Crippen LogP contribution in [0.1, 0.15) is 28.4 Å². The van der Waals surface area contributed by atoms with Crippen LogP contribution in [0.5, 0.6) is 0 Å². The number of hydrazine groups is 1. The van der Waals surface area contributed by atoms with E-state index in [-0.39, 0.29) is 18.7 Å². The van der Waals surface area contributed by atoms with E-state index in [4.69, 9.17) is 4.52 Å². The van der Waals surface area contributed by atoms with Gasteiger partial charge < -0.3 is 9.51 Å². The molecule has 0 fully saturated rings. The number of amides is 2. The topological polar surface area (TPSA) is 113 Å². The predicted molar refractivity (Wildman–Crippen MR) is 89.2 cm³/mol. The van der Waals surface area contributed by atoms with Gasteiger partial charge in [0.15, 0.2) is 0 Å². The van der Waals surface area contributed by atoms with Crippen LogP contribution in [0.3, 0.4) is 0 Å². The molecule has 0 unspecified atom stereocenters. The van der Waals surface area contributed by atoms with E-state index in [9.17, 15) is 9.59 Å². The second-order valence-electron chi connectivity index (χ2n) is 5.46. The van der Waals surface area contributed by atoms with Gasteiger partial charge in [0.2, 0.25) is 17.6 Å². The highest BCUT2D eigenvalue weighted by atomic mass is 16.5. The number of aryl methyl sites for hydroxylation is 2. The zero-order valence-electron chi connectivity index (χ0n) is 13.6. The van der Waals surface area contributed by atoms with Crippen molar-refractivity contribution < 1.29 is 14.1 Å². The summed E-state index contributed by atoms with van der Waals surface area (Å²) in [5, 5.41) is 3.91. The Labute approximate surface area is 143 Å². The summed E-state index contributed by atoms with van der Waals surface area (Å²) in [5.74, 6) is 0.0738. The summed E-state index contributed by atoms with van der Waals surface area (Å²) in [6.45, 7) is 2.00. The molecule has 3 aromatic rings. The lowest BCUT2D eigenvalue weighted by atomic mass is 10.1. The van der Waals surface area contributed by atoms with Crippen molar-refractivity contribution in [1.29, 1.82) is 0 Å². The molecule has 0 aliphatic carbocycles. The maximum Gasteiger partial charge on any atom is 0.286 e. The van der Waals surface area contributed by atoms with E-state index in [0.717, 1.165) is 11.1 Å². The Hall–Kier alpha value is -3.42. The third kappa shape index (κ3) is 4.31. The van der Waals surface area contributed by atoms with Gasteiger partial charge in [0.25, 0.3) is 5.91 Å². The summed E-state index contributed by atoms with van der Waals surface area (Å²) in [7, 11) is 0. The Kier molecular flexibility index (Phi) is 4.89. The zero-order valence-corrected chi connectivity index (χ0v) is 13.6. The van der Waals surface area contributed by atoms with Gasteiger partial charge in [0.05, 0.1) is 0 Å². The van der Waals surface area contributed by atoms with Crippen LogP contribution in [0.4, 0.5) is 0 Å². The Bertz CT molecular complexity index is 853. The molecule has 0 aliphatic heterocycles. The van der Waals surface area contributed by atoms with Crippen molar-refractivity contribution in [2.75, 3.05) is 0 Å². The van der Waals surface area contributed by atoms with E-state index in [1.807, 2.05) is 31.2 Å². The Morgan fingerprint density at radius 3 is 2.68 bits per heavy atom. The average molecular weight is 339 g/mol. The molecule has 3 N–H and O–H groups in total. The van der Waals surface area contributed by atoms with Crippen molar-refractivity contribution in [3.63, 3.8) is 0 Å². The smallest absolute Gasteiger partial charge is 0.286 e. The van der Waals surface area contributed by atoms with E-state index in [2.05, 4.69) is 26.0 Å². The van der Waals surface area contributed by atoms with Crippen molar-refractivity contribution in [3.8, 4) is 11.4 Å². The fourth-order valence-electron chi connectivity index (χ4n) is 2.12. The molecule has 0 bridgehead atoms. The minimum Gasteiger partial charge on any atom is -0.357 e. The Morgan fingerprint density at radius 2 is 1.96 bits per heavy atom. The minimum atomic E-state index is -0.419. The summed E-state index contributed by atoms with van der Waals surface area (Å²) >= 11 is 0. The lowest BCUT2D eigenvalue weighted by Crippen LogP contribution is -2.41. The molecule has 2 amide bonds. The maximum absolute atomic E-state index is 11.8. The normalized spacial score (nSPS) is 10.4. The number of benzene rings is 1. The number of nitrogens with zero attached hydrogens (tertiary/aromatic N) is 2. The second kappa shape index (κ2) is 7.43. The van der Waals surface area contributed by atoms with Crippen LogP contribution in [0, 0.1) is 6.92 Å². The lowest BCUT2D eigenvalue weighted by molar-refractivity contribution is -0.121. The molecule has 0 aliphatic rings. The molecule has 2 heterocycles. The van der Waals surface area contributed by atoms with Gasteiger partial charge in [-0.15, -0.1) is 0 Å². The Morgan fingerprint density at radius 1 is 1.16 bits per heavy atom. The van der Waals surface area contributed by atoms with Gasteiger partial charge >= 0.3 is 0 Å². The van der Waals surface area contributed by atoms with Crippen molar-refractivity contribution in [2.24, 2.45) is 0 Å². The standard InChI is InChI=1S/C17H17N5O3/c1-11-4-6-12(7-5-11)16-19-15(25-22-16)9-8-14(23)20-21-17(24)13-3-2-10-18-13/h2-7,10,18H,8-9H2,1H3,(H,20,23)(H,21,24). The first-order valence-corrected chi connectivity index (χ1v) is 7.74. The van der Waals surface area contributed by atoms with Gasteiger partial charge in [-0.2, -0.15) is 4.98 Å². The van der Waals surface area contributed by atoms with Gasteiger partial charge in [0.1, 0.15) is 5.69 Å². The molecule has 3 rings (SSSR count). The second-order valence-corrected chi connectivity index (χ2v) is 5.46. The molecule has 0 saturated heterocycles.